The van der Waals surface area contributed by atoms with Crippen LogP contribution in [0.5, 0.6) is 0 Å². The summed E-state index contributed by atoms with van der Waals surface area (Å²) < 4.78 is 3.84. The van der Waals surface area contributed by atoms with E-state index >= 15 is 0 Å². The minimum atomic E-state index is -0.332. The van der Waals surface area contributed by atoms with E-state index in [1.165, 1.54) is 0 Å². The molecule has 1 heterocycles. The van der Waals surface area contributed by atoms with Crippen LogP contribution in [0.3, 0.4) is 0 Å². The third kappa shape index (κ3) is 3.55. The molecule has 0 saturated heterocycles. The second kappa shape index (κ2) is 5.98. The van der Waals surface area contributed by atoms with Gasteiger partial charge in [-0.2, -0.15) is 0 Å². The fraction of sp³-hybridized carbons (Fsp3) is 0.667. The van der Waals surface area contributed by atoms with Crippen molar-refractivity contribution in [2.45, 2.75) is 33.0 Å². The second-order valence-electron chi connectivity index (χ2n) is 3.33. The summed E-state index contributed by atoms with van der Waals surface area (Å²) in [5, 5.41) is 12.2. The summed E-state index contributed by atoms with van der Waals surface area (Å²) in [6.07, 6.45) is -0.332. The van der Waals surface area contributed by atoms with Crippen molar-refractivity contribution < 1.29 is 5.11 Å². The zero-order chi connectivity index (χ0) is 11.4. The lowest BCUT2D eigenvalue weighted by atomic mass is 10.4. The molecule has 0 aliphatic rings. The quantitative estimate of drug-likeness (QED) is 0.860. The smallest absolute Gasteiger partial charge is 0.139 e. The van der Waals surface area contributed by atoms with Crippen molar-refractivity contribution in [1.29, 1.82) is 0 Å². The third-order valence-electron chi connectivity index (χ3n) is 1.99. The van der Waals surface area contributed by atoms with Gasteiger partial charge in [-0.15, -0.1) is 0 Å². The van der Waals surface area contributed by atoms with Gasteiger partial charge in [-0.3, -0.25) is 0 Å². The van der Waals surface area contributed by atoms with Crippen molar-refractivity contribution in [1.82, 2.24) is 14.9 Å². The molecule has 0 spiro atoms. The minimum Gasteiger partial charge on any atom is -0.392 e. The molecule has 1 rings (SSSR count). The largest absolute Gasteiger partial charge is 0.392 e. The van der Waals surface area contributed by atoms with Crippen LogP contribution in [0.2, 0.25) is 0 Å². The average molecular weight is 341 g/mol. The van der Waals surface area contributed by atoms with Crippen molar-refractivity contribution >= 4 is 31.9 Å². The van der Waals surface area contributed by atoms with E-state index in [9.17, 15) is 0 Å². The number of halogens is 2. The first-order valence-corrected chi connectivity index (χ1v) is 6.44. The van der Waals surface area contributed by atoms with Crippen molar-refractivity contribution in [3.63, 3.8) is 0 Å². The highest BCUT2D eigenvalue weighted by molar-refractivity contribution is 9.13. The normalized spacial score (nSPS) is 13.1. The van der Waals surface area contributed by atoms with Gasteiger partial charge in [0, 0.05) is 13.1 Å². The Hall–Kier alpha value is 0.0900. The molecule has 0 unspecified atom stereocenters. The zero-order valence-corrected chi connectivity index (χ0v) is 12.0. The van der Waals surface area contributed by atoms with E-state index in [1.807, 2.05) is 0 Å². The van der Waals surface area contributed by atoms with E-state index in [0.717, 1.165) is 21.6 Å². The molecule has 1 atom stereocenters. The van der Waals surface area contributed by atoms with Crippen LogP contribution >= 0.6 is 31.9 Å². The lowest BCUT2D eigenvalue weighted by Crippen LogP contribution is -2.25. The summed E-state index contributed by atoms with van der Waals surface area (Å²) in [6, 6.07) is 0. The van der Waals surface area contributed by atoms with Gasteiger partial charge < -0.3 is 15.0 Å². The molecular weight excluding hydrogens is 326 g/mol. The molecule has 0 fully saturated rings. The SMILES string of the molecule is CCn1c(CNC[C@@H](C)O)nc(Br)c1Br. The molecular formula is C9H15Br2N3O. The lowest BCUT2D eigenvalue weighted by Gasteiger charge is -2.08. The number of aromatic nitrogens is 2. The number of aliphatic hydroxyl groups is 1. The highest BCUT2D eigenvalue weighted by atomic mass is 79.9. The number of nitrogens with one attached hydrogen (secondary N) is 1. The van der Waals surface area contributed by atoms with Crippen molar-refractivity contribution in [2.24, 2.45) is 0 Å². The Bertz CT molecular complexity index is 325. The Labute approximate surface area is 106 Å². The summed E-state index contributed by atoms with van der Waals surface area (Å²) in [4.78, 5) is 4.37. The van der Waals surface area contributed by atoms with Gasteiger partial charge in [-0.05, 0) is 45.7 Å². The number of hydrogen-bond donors (Lipinski definition) is 2. The summed E-state index contributed by atoms with van der Waals surface area (Å²) in [5.41, 5.74) is 0. The van der Waals surface area contributed by atoms with Crippen LogP contribution in [0.15, 0.2) is 9.21 Å². The van der Waals surface area contributed by atoms with E-state index in [1.54, 1.807) is 6.92 Å². The van der Waals surface area contributed by atoms with Crippen LogP contribution in [0.4, 0.5) is 0 Å². The van der Waals surface area contributed by atoms with E-state index in [2.05, 4.69) is 53.7 Å². The van der Waals surface area contributed by atoms with Gasteiger partial charge in [0.05, 0.1) is 12.6 Å². The van der Waals surface area contributed by atoms with E-state index < -0.39 is 0 Å². The number of nitrogens with zero attached hydrogens (tertiary/aromatic N) is 2. The summed E-state index contributed by atoms with van der Waals surface area (Å²) in [6.45, 7) is 5.92. The van der Waals surface area contributed by atoms with Gasteiger partial charge in [0.1, 0.15) is 15.0 Å². The second-order valence-corrected chi connectivity index (χ2v) is 4.84. The number of rotatable bonds is 5. The zero-order valence-electron chi connectivity index (χ0n) is 8.80. The molecule has 4 nitrogen and oxygen atoms in total. The van der Waals surface area contributed by atoms with Crippen LogP contribution in [0.25, 0.3) is 0 Å². The van der Waals surface area contributed by atoms with Crippen molar-refractivity contribution in [2.75, 3.05) is 6.54 Å². The average Bonchev–Trinajstić information content (AvgIpc) is 2.42. The number of aliphatic hydroxyl groups excluding tert-OH is 1. The van der Waals surface area contributed by atoms with E-state index in [0.29, 0.717) is 13.1 Å². The molecule has 2 N–H and O–H groups in total. The van der Waals surface area contributed by atoms with Gasteiger partial charge >= 0.3 is 0 Å². The van der Waals surface area contributed by atoms with Gasteiger partial charge in [-0.25, -0.2) is 4.98 Å². The number of hydrogen-bond acceptors (Lipinski definition) is 3. The molecule has 86 valence electrons. The third-order valence-corrected chi connectivity index (χ3v) is 3.87. The molecule has 0 amide bonds. The summed E-state index contributed by atoms with van der Waals surface area (Å²) >= 11 is 6.83. The molecule has 0 saturated carbocycles. The predicted octanol–water partition coefficient (Wildman–Crippen LogP) is 1.90. The Balaban J connectivity index is 2.64. The molecule has 1 aromatic heterocycles. The molecule has 15 heavy (non-hydrogen) atoms. The monoisotopic (exact) mass is 339 g/mol. The molecule has 0 aliphatic heterocycles. The van der Waals surface area contributed by atoms with Crippen LogP contribution < -0.4 is 5.32 Å². The Morgan fingerprint density at radius 2 is 2.20 bits per heavy atom. The molecule has 1 aromatic rings. The van der Waals surface area contributed by atoms with Gasteiger partial charge in [-0.1, -0.05) is 0 Å². The first kappa shape index (κ1) is 13.2. The molecule has 0 bridgehead atoms. The van der Waals surface area contributed by atoms with Crippen LogP contribution in [0, 0.1) is 0 Å². The Morgan fingerprint density at radius 3 is 2.73 bits per heavy atom. The van der Waals surface area contributed by atoms with Crippen LogP contribution in [-0.4, -0.2) is 27.3 Å². The lowest BCUT2D eigenvalue weighted by molar-refractivity contribution is 0.190. The van der Waals surface area contributed by atoms with E-state index in [-0.39, 0.29) is 6.10 Å². The first-order valence-electron chi connectivity index (χ1n) is 4.85. The highest BCUT2D eigenvalue weighted by Crippen LogP contribution is 2.23. The predicted molar refractivity (Wildman–Crippen MR) is 66.7 cm³/mol. The van der Waals surface area contributed by atoms with Gasteiger partial charge in [0.25, 0.3) is 0 Å². The molecule has 0 radical (unpaired) electrons. The van der Waals surface area contributed by atoms with Crippen molar-refractivity contribution in [3.8, 4) is 0 Å². The van der Waals surface area contributed by atoms with Crippen LogP contribution in [0.1, 0.15) is 19.7 Å². The Morgan fingerprint density at radius 1 is 1.53 bits per heavy atom. The fourth-order valence-corrected chi connectivity index (χ4v) is 2.26. The topological polar surface area (TPSA) is 50.1 Å². The standard InChI is InChI=1S/C9H15Br2N3O/c1-3-14-7(5-12-4-6(2)15)13-8(10)9(14)11/h6,12,15H,3-5H2,1-2H3/t6-/m1/s1. The summed E-state index contributed by atoms with van der Waals surface area (Å²) in [7, 11) is 0. The molecule has 6 heteroatoms. The summed E-state index contributed by atoms with van der Waals surface area (Å²) in [5.74, 6) is 0.955. The van der Waals surface area contributed by atoms with Crippen LogP contribution in [-0.2, 0) is 13.1 Å². The minimum absolute atomic E-state index is 0.332. The van der Waals surface area contributed by atoms with Crippen molar-refractivity contribution in [3.05, 3.63) is 15.0 Å². The van der Waals surface area contributed by atoms with Gasteiger partial charge in [0.15, 0.2) is 0 Å². The first-order chi connectivity index (χ1) is 7.06. The maximum absolute atomic E-state index is 9.11. The van der Waals surface area contributed by atoms with Gasteiger partial charge in [0.2, 0.25) is 0 Å². The van der Waals surface area contributed by atoms with E-state index in [4.69, 9.17) is 5.11 Å². The highest BCUT2D eigenvalue weighted by Gasteiger charge is 2.11. The maximum Gasteiger partial charge on any atom is 0.139 e. The number of imidazole rings is 1. The Kier molecular flexibility index (Phi) is 5.25. The molecule has 0 aromatic carbocycles. The maximum atomic E-state index is 9.11. The molecule has 0 aliphatic carbocycles. The fourth-order valence-electron chi connectivity index (χ4n) is 1.29.